The molecule has 114 valence electrons. The lowest BCUT2D eigenvalue weighted by atomic mass is 9.74. The van der Waals surface area contributed by atoms with E-state index >= 15 is 0 Å². The summed E-state index contributed by atoms with van der Waals surface area (Å²) in [5, 5.41) is 9.71. The quantitative estimate of drug-likeness (QED) is 0.908. The molecule has 1 N–H and O–H groups in total. The highest BCUT2D eigenvalue weighted by Crippen LogP contribution is 2.44. The number of likely N-dealkylation sites (N-methyl/N-ethyl adjacent to an activating group) is 1. The summed E-state index contributed by atoms with van der Waals surface area (Å²) in [7, 11) is 4.16. The van der Waals surface area contributed by atoms with Crippen LogP contribution in [0.1, 0.15) is 44.7 Å². The zero-order valence-corrected chi connectivity index (χ0v) is 13.5. The van der Waals surface area contributed by atoms with E-state index in [9.17, 15) is 0 Å². The van der Waals surface area contributed by atoms with Crippen molar-refractivity contribution < 1.29 is 0 Å². The molecule has 3 nitrogen and oxygen atoms in total. The largest absolute Gasteiger partial charge is 0.316 e. The number of hydrogen-bond acceptors (Lipinski definition) is 2. The molecule has 1 unspecified atom stereocenters. The number of nitrogens with zero attached hydrogens (tertiary/aromatic N) is 2. The molecule has 0 aliphatic heterocycles. The Kier molecular flexibility index (Phi) is 4.03. The highest BCUT2D eigenvalue weighted by Gasteiger charge is 2.39. The van der Waals surface area contributed by atoms with E-state index in [4.69, 9.17) is 5.10 Å². The van der Waals surface area contributed by atoms with Crippen LogP contribution in [0.2, 0.25) is 0 Å². The van der Waals surface area contributed by atoms with Gasteiger partial charge in [-0.25, -0.2) is 0 Å². The standard InChI is InChI=1S/C18H27N3/c1-4-18(11-7-8-12-18)17(19-2)13-15-14-9-5-6-10-16(14)21(3)20-15/h5-6,9-10,17,19H,4,7-8,11-13H2,1-3H3. The van der Waals surface area contributed by atoms with Crippen LogP contribution in [0.4, 0.5) is 0 Å². The number of para-hydroxylation sites is 1. The van der Waals surface area contributed by atoms with E-state index in [2.05, 4.69) is 43.6 Å². The number of benzene rings is 1. The summed E-state index contributed by atoms with van der Waals surface area (Å²) >= 11 is 0. The molecule has 0 amide bonds. The van der Waals surface area contributed by atoms with E-state index in [-0.39, 0.29) is 0 Å². The zero-order chi connectivity index (χ0) is 14.9. The molecule has 0 saturated heterocycles. The average Bonchev–Trinajstić information content (AvgIpc) is 3.11. The maximum Gasteiger partial charge on any atom is 0.0718 e. The molecule has 21 heavy (non-hydrogen) atoms. The van der Waals surface area contributed by atoms with Crippen molar-refractivity contribution in [2.75, 3.05) is 7.05 Å². The summed E-state index contributed by atoms with van der Waals surface area (Å²) < 4.78 is 2.02. The molecule has 3 heteroatoms. The molecule has 3 rings (SSSR count). The Morgan fingerprint density at radius 3 is 2.67 bits per heavy atom. The molecule has 1 heterocycles. The van der Waals surface area contributed by atoms with Gasteiger partial charge >= 0.3 is 0 Å². The van der Waals surface area contributed by atoms with Gasteiger partial charge in [0.1, 0.15) is 0 Å². The fourth-order valence-electron chi connectivity index (χ4n) is 4.29. The number of hydrogen-bond donors (Lipinski definition) is 1. The summed E-state index contributed by atoms with van der Waals surface area (Å²) in [6.07, 6.45) is 7.79. The summed E-state index contributed by atoms with van der Waals surface area (Å²) in [6, 6.07) is 9.10. The fourth-order valence-corrected chi connectivity index (χ4v) is 4.29. The Morgan fingerprint density at radius 2 is 2.00 bits per heavy atom. The van der Waals surface area contributed by atoms with Crippen molar-refractivity contribution in [3.8, 4) is 0 Å². The predicted molar refractivity (Wildman–Crippen MR) is 88.5 cm³/mol. The van der Waals surface area contributed by atoms with Crippen LogP contribution in [-0.4, -0.2) is 22.9 Å². The minimum absolute atomic E-state index is 0.466. The first kappa shape index (κ1) is 14.6. The molecule has 1 fully saturated rings. The minimum Gasteiger partial charge on any atom is -0.316 e. The minimum atomic E-state index is 0.466. The molecule has 0 radical (unpaired) electrons. The number of nitrogens with one attached hydrogen (secondary N) is 1. The second kappa shape index (κ2) is 5.80. The zero-order valence-electron chi connectivity index (χ0n) is 13.5. The molecule has 1 saturated carbocycles. The van der Waals surface area contributed by atoms with Gasteiger partial charge in [-0.1, -0.05) is 38.0 Å². The number of rotatable bonds is 5. The van der Waals surface area contributed by atoms with E-state index in [1.165, 1.54) is 48.7 Å². The van der Waals surface area contributed by atoms with Gasteiger partial charge in [0.2, 0.25) is 0 Å². The smallest absolute Gasteiger partial charge is 0.0718 e. The third kappa shape index (κ3) is 2.48. The number of fused-ring (bicyclic) bond motifs is 1. The van der Waals surface area contributed by atoms with Crippen molar-refractivity contribution in [1.29, 1.82) is 0 Å². The molecule has 1 aromatic heterocycles. The van der Waals surface area contributed by atoms with Crippen LogP contribution in [-0.2, 0) is 13.5 Å². The van der Waals surface area contributed by atoms with E-state index < -0.39 is 0 Å². The Bertz CT molecular complexity index is 608. The maximum atomic E-state index is 4.79. The lowest BCUT2D eigenvalue weighted by Gasteiger charge is -2.36. The third-order valence-corrected chi connectivity index (χ3v) is 5.62. The normalized spacial score (nSPS) is 19.2. The van der Waals surface area contributed by atoms with Crippen LogP contribution < -0.4 is 5.32 Å². The van der Waals surface area contributed by atoms with Gasteiger partial charge in [0.25, 0.3) is 0 Å². The van der Waals surface area contributed by atoms with Crippen LogP contribution in [0.15, 0.2) is 24.3 Å². The summed E-state index contributed by atoms with van der Waals surface area (Å²) in [5.74, 6) is 0. The fraction of sp³-hybridized carbons (Fsp3) is 0.611. The van der Waals surface area contributed by atoms with E-state index in [1.54, 1.807) is 0 Å². The maximum absolute atomic E-state index is 4.79. The molecule has 1 aliphatic rings. The van der Waals surface area contributed by atoms with Crippen LogP contribution in [0.25, 0.3) is 10.9 Å². The van der Waals surface area contributed by atoms with Crippen molar-refractivity contribution in [2.45, 2.75) is 51.5 Å². The second-order valence-electron chi connectivity index (χ2n) is 6.56. The molecule has 1 atom stereocenters. The van der Waals surface area contributed by atoms with Gasteiger partial charge in [-0.2, -0.15) is 5.10 Å². The van der Waals surface area contributed by atoms with Crippen LogP contribution >= 0.6 is 0 Å². The van der Waals surface area contributed by atoms with Crippen molar-refractivity contribution >= 4 is 10.9 Å². The van der Waals surface area contributed by atoms with Crippen LogP contribution in [0, 0.1) is 5.41 Å². The third-order valence-electron chi connectivity index (χ3n) is 5.62. The van der Waals surface area contributed by atoms with Gasteiger partial charge in [0.15, 0.2) is 0 Å². The lowest BCUT2D eigenvalue weighted by Crippen LogP contribution is -2.43. The monoisotopic (exact) mass is 285 g/mol. The topological polar surface area (TPSA) is 29.9 Å². The molecule has 1 aromatic carbocycles. The number of aromatic nitrogens is 2. The molecular weight excluding hydrogens is 258 g/mol. The van der Waals surface area contributed by atoms with E-state index in [0.717, 1.165) is 6.42 Å². The van der Waals surface area contributed by atoms with E-state index in [1.807, 2.05) is 11.7 Å². The molecule has 2 aromatic rings. The summed E-state index contributed by atoms with van der Waals surface area (Å²) in [5.41, 5.74) is 2.94. The van der Waals surface area contributed by atoms with Crippen LogP contribution in [0.5, 0.6) is 0 Å². The van der Waals surface area contributed by atoms with Crippen LogP contribution in [0.3, 0.4) is 0 Å². The SMILES string of the molecule is CCC1(C(Cc2nn(C)c3ccccc23)NC)CCCC1. The molecule has 0 bridgehead atoms. The first-order valence-corrected chi connectivity index (χ1v) is 8.28. The Morgan fingerprint density at radius 1 is 1.29 bits per heavy atom. The summed E-state index contributed by atoms with van der Waals surface area (Å²) in [6.45, 7) is 2.35. The molecule has 1 aliphatic carbocycles. The first-order chi connectivity index (χ1) is 10.2. The highest BCUT2D eigenvalue weighted by molar-refractivity contribution is 5.81. The number of aryl methyl sites for hydroxylation is 1. The van der Waals surface area contributed by atoms with Gasteiger partial charge in [0, 0.05) is 24.9 Å². The van der Waals surface area contributed by atoms with Gasteiger partial charge in [-0.3, -0.25) is 4.68 Å². The second-order valence-corrected chi connectivity index (χ2v) is 6.56. The average molecular weight is 285 g/mol. The van der Waals surface area contributed by atoms with Gasteiger partial charge < -0.3 is 5.32 Å². The van der Waals surface area contributed by atoms with E-state index in [0.29, 0.717) is 11.5 Å². The van der Waals surface area contributed by atoms with Crippen molar-refractivity contribution in [2.24, 2.45) is 12.5 Å². The van der Waals surface area contributed by atoms with Gasteiger partial charge in [0.05, 0.1) is 11.2 Å². The Balaban J connectivity index is 1.92. The Hall–Kier alpha value is -1.35. The molecule has 0 spiro atoms. The predicted octanol–water partition coefficient (Wildman–Crippen LogP) is 3.67. The first-order valence-electron chi connectivity index (χ1n) is 8.28. The lowest BCUT2D eigenvalue weighted by molar-refractivity contribution is 0.191. The van der Waals surface area contributed by atoms with Crippen molar-refractivity contribution in [3.63, 3.8) is 0 Å². The molecular formula is C18H27N3. The van der Waals surface area contributed by atoms with Gasteiger partial charge in [-0.15, -0.1) is 0 Å². The van der Waals surface area contributed by atoms with Crippen molar-refractivity contribution in [1.82, 2.24) is 15.1 Å². The summed E-state index contributed by atoms with van der Waals surface area (Å²) in [4.78, 5) is 0. The van der Waals surface area contributed by atoms with Crippen molar-refractivity contribution in [3.05, 3.63) is 30.0 Å². The highest BCUT2D eigenvalue weighted by atomic mass is 15.3. The van der Waals surface area contributed by atoms with Gasteiger partial charge in [-0.05, 0) is 37.8 Å². The Labute approximate surface area is 127 Å².